The van der Waals surface area contributed by atoms with E-state index in [1.165, 1.54) is 7.11 Å². The Labute approximate surface area is 178 Å². The van der Waals surface area contributed by atoms with E-state index in [-0.39, 0.29) is 12.5 Å². The van der Waals surface area contributed by atoms with Crippen LogP contribution in [0.2, 0.25) is 0 Å². The molecule has 6 nitrogen and oxygen atoms in total. The summed E-state index contributed by atoms with van der Waals surface area (Å²) in [4.78, 5) is 24.6. The highest BCUT2D eigenvalue weighted by molar-refractivity contribution is 5.96. The van der Waals surface area contributed by atoms with Gasteiger partial charge < -0.3 is 19.5 Å². The highest BCUT2D eigenvalue weighted by Gasteiger charge is 2.15. The molecule has 0 aliphatic carbocycles. The molecule has 0 aromatic heterocycles. The van der Waals surface area contributed by atoms with Crippen molar-refractivity contribution < 1.29 is 23.8 Å². The average Bonchev–Trinajstić information content (AvgIpc) is 2.68. The number of rotatable bonds is 9. The second-order valence-electron chi connectivity index (χ2n) is 7.79. The zero-order valence-corrected chi connectivity index (χ0v) is 18.6. The lowest BCUT2D eigenvalue weighted by molar-refractivity contribution is -0.119. The summed E-state index contributed by atoms with van der Waals surface area (Å²) in [7, 11) is 1.51. The molecule has 2 rings (SSSR count). The summed E-state index contributed by atoms with van der Waals surface area (Å²) in [6, 6.07) is 8.81. The molecule has 1 amide bonds. The van der Waals surface area contributed by atoms with Crippen LogP contribution in [0.4, 0.5) is 5.69 Å². The standard InChI is InChI=1S/C24H31NO5/c1-15(2)9-10-29-20-8-7-19(13-21(20)28-6)24(27)30-14-22(26)25-23-17(4)11-16(3)12-18(23)5/h7-8,11-13,15H,9-10,14H2,1-6H3,(H,25,26). The van der Waals surface area contributed by atoms with Crippen molar-refractivity contribution in [2.45, 2.75) is 41.0 Å². The van der Waals surface area contributed by atoms with Gasteiger partial charge in [-0.05, 0) is 62.4 Å². The van der Waals surface area contributed by atoms with Gasteiger partial charge in [0.25, 0.3) is 5.91 Å². The Morgan fingerprint density at radius 3 is 2.27 bits per heavy atom. The van der Waals surface area contributed by atoms with Gasteiger partial charge in [-0.2, -0.15) is 0 Å². The topological polar surface area (TPSA) is 73.9 Å². The predicted molar refractivity (Wildman–Crippen MR) is 118 cm³/mol. The molecule has 0 atom stereocenters. The summed E-state index contributed by atoms with van der Waals surface area (Å²) in [5.41, 5.74) is 4.08. The fourth-order valence-corrected chi connectivity index (χ4v) is 3.09. The highest BCUT2D eigenvalue weighted by Crippen LogP contribution is 2.29. The monoisotopic (exact) mass is 413 g/mol. The van der Waals surface area contributed by atoms with Gasteiger partial charge in [-0.3, -0.25) is 4.79 Å². The first-order valence-corrected chi connectivity index (χ1v) is 10.1. The minimum Gasteiger partial charge on any atom is -0.493 e. The van der Waals surface area contributed by atoms with Gasteiger partial charge in [-0.1, -0.05) is 31.5 Å². The van der Waals surface area contributed by atoms with Crippen molar-refractivity contribution in [3.05, 3.63) is 52.6 Å². The minimum atomic E-state index is -0.602. The van der Waals surface area contributed by atoms with Crippen LogP contribution >= 0.6 is 0 Å². The molecule has 0 fully saturated rings. The van der Waals surface area contributed by atoms with E-state index in [0.29, 0.717) is 29.6 Å². The summed E-state index contributed by atoms with van der Waals surface area (Å²) in [6.07, 6.45) is 0.919. The van der Waals surface area contributed by atoms with E-state index in [4.69, 9.17) is 14.2 Å². The number of esters is 1. The summed E-state index contributed by atoms with van der Waals surface area (Å²) in [5, 5.41) is 2.82. The van der Waals surface area contributed by atoms with Crippen molar-refractivity contribution in [2.75, 3.05) is 25.6 Å². The average molecular weight is 414 g/mol. The van der Waals surface area contributed by atoms with E-state index >= 15 is 0 Å². The van der Waals surface area contributed by atoms with E-state index in [1.807, 2.05) is 32.9 Å². The SMILES string of the molecule is COc1cc(C(=O)OCC(=O)Nc2c(C)cc(C)cc2C)ccc1OCCC(C)C. The summed E-state index contributed by atoms with van der Waals surface area (Å²) in [5.74, 6) is 0.554. The van der Waals surface area contributed by atoms with E-state index < -0.39 is 5.97 Å². The van der Waals surface area contributed by atoms with Gasteiger partial charge in [0.15, 0.2) is 18.1 Å². The van der Waals surface area contributed by atoms with Gasteiger partial charge in [0, 0.05) is 5.69 Å². The van der Waals surface area contributed by atoms with Gasteiger partial charge >= 0.3 is 5.97 Å². The maximum atomic E-state index is 12.4. The number of nitrogens with one attached hydrogen (secondary N) is 1. The lowest BCUT2D eigenvalue weighted by atomic mass is 10.1. The first-order valence-electron chi connectivity index (χ1n) is 10.1. The van der Waals surface area contributed by atoms with Crippen LogP contribution < -0.4 is 14.8 Å². The molecule has 0 heterocycles. The van der Waals surface area contributed by atoms with Crippen molar-refractivity contribution >= 4 is 17.6 Å². The number of amides is 1. The number of hydrogen-bond donors (Lipinski definition) is 1. The Kier molecular flexibility index (Phi) is 8.27. The van der Waals surface area contributed by atoms with E-state index in [1.54, 1.807) is 18.2 Å². The summed E-state index contributed by atoms with van der Waals surface area (Å²) < 4.78 is 16.2. The molecule has 0 unspecified atom stereocenters. The van der Waals surface area contributed by atoms with Crippen LogP contribution in [0.15, 0.2) is 30.3 Å². The molecule has 0 saturated heterocycles. The van der Waals surface area contributed by atoms with E-state index in [2.05, 4.69) is 19.2 Å². The Morgan fingerprint density at radius 2 is 1.67 bits per heavy atom. The van der Waals surface area contributed by atoms with Crippen LogP contribution in [0.1, 0.15) is 47.3 Å². The zero-order chi connectivity index (χ0) is 22.3. The molecule has 2 aromatic rings. The molecule has 0 saturated carbocycles. The molecule has 0 bridgehead atoms. The number of carbonyl (C=O) groups is 2. The normalized spacial score (nSPS) is 10.6. The van der Waals surface area contributed by atoms with Crippen molar-refractivity contribution in [2.24, 2.45) is 5.92 Å². The second kappa shape index (κ2) is 10.7. The van der Waals surface area contributed by atoms with Crippen LogP contribution in [0.25, 0.3) is 0 Å². The Balaban J connectivity index is 1.96. The number of benzene rings is 2. The highest BCUT2D eigenvalue weighted by atomic mass is 16.5. The molecule has 0 spiro atoms. The molecule has 30 heavy (non-hydrogen) atoms. The number of aryl methyl sites for hydroxylation is 3. The number of ether oxygens (including phenoxy) is 3. The molecule has 0 aliphatic heterocycles. The number of hydrogen-bond acceptors (Lipinski definition) is 5. The minimum absolute atomic E-state index is 0.290. The third-order valence-corrected chi connectivity index (χ3v) is 4.63. The zero-order valence-electron chi connectivity index (χ0n) is 18.6. The van der Waals surface area contributed by atoms with Crippen LogP contribution in [-0.2, 0) is 9.53 Å². The third kappa shape index (κ3) is 6.51. The van der Waals surface area contributed by atoms with Crippen molar-refractivity contribution in [1.82, 2.24) is 0 Å². The van der Waals surface area contributed by atoms with Crippen LogP contribution in [0.5, 0.6) is 11.5 Å². The lowest BCUT2D eigenvalue weighted by Gasteiger charge is -2.14. The molecule has 6 heteroatoms. The molecule has 2 aromatic carbocycles. The molecular weight excluding hydrogens is 382 g/mol. The van der Waals surface area contributed by atoms with Crippen LogP contribution in [0, 0.1) is 26.7 Å². The molecular formula is C24H31NO5. The fraction of sp³-hybridized carbons (Fsp3) is 0.417. The second-order valence-corrected chi connectivity index (χ2v) is 7.79. The first kappa shape index (κ1) is 23.3. The molecule has 162 valence electrons. The van der Waals surface area contributed by atoms with Gasteiger partial charge in [-0.15, -0.1) is 0 Å². The Bertz CT molecular complexity index is 881. The first-order chi connectivity index (χ1) is 14.2. The van der Waals surface area contributed by atoms with E-state index in [0.717, 1.165) is 28.8 Å². The fourth-order valence-electron chi connectivity index (χ4n) is 3.09. The van der Waals surface area contributed by atoms with Gasteiger partial charge in [0.05, 0.1) is 19.3 Å². The molecule has 0 aliphatic rings. The van der Waals surface area contributed by atoms with Gasteiger partial charge in [-0.25, -0.2) is 4.79 Å². The maximum Gasteiger partial charge on any atom is 0.338 e. The largest absolute Gasteiger partial charge is 0.493 e. The van der Waals surface area contributed by atoms with Gasteiger partial charge in [0.2, 0.25) is 0 Å². The predicted octanol–water partition coefficient (Wildman–Crippen LogP) is 4.84. The van der Waals surface area contributed by atoms with E-state index in [9.17, 15) is 9.59 Å². The van der Waals surface area contributed by atoms with Gasteiger partial charge in [0.1, 0.15) is 0 Å². The van der Waals surface area contributed by atoms with Crippen molar-refractivity contribution in [3.8, 4) is 11.5 Å². The van der Waals surface area contributed by atoms with Crippen LogP contribution in [-0.4, -0.2) is 32.2 Å². The number of anilines is 1. The quantitative estimate of drug-likeness (QED) is 0.596. The summed E-state index contributed by atoms with van der Waals surface area (Å²) >= 11 is 0. The maximum absolute atomic E-state index is 12.4. The van der Waals surface area contributed by atoms with Crippen LogP contribution in [0.3, 0.4) is 0 Å². The summed E-state index contributed by atoms with van der Waals surface area (Å²) in [6.45, 7) is 10.3. The van der Waals surface area contributed by atoms with Crippen molar-refractivity contribution in [1.29, 1.82) is 0 Å². The Morgan fingerprint density at radius 1 is 1.00 bits per heavy atom. The lowest BCUT2D eigenvalue weighted by Crippen LogP contribution is -2.22. The Hall–Kier alpha value is -3.02. The molecule has 0 radical (unpaired) electrons. The number of methoxy groups -OCH3 is 1. The smallest absolute Gasteiger partial charge is 0.338 e. The third-order valence-electron chi connectivity index (χ3n) is 4.63. The number of carbonyl (C=O) groups excluding carboxylic acids is 2. The van der Waals surface area contributed by atoms with Crippen molar-refractivity contribution in [3.63, 3.8) is 0 Å². The molecule has 1 N–H and O–H groups in total.